The average Bonchev–Trinajstić information content (AvgIpc) is 2.74. The van der Waals surface area contributed by atoms with Gasteiger partial charge in [-0.05, 0) is 37.5 Å². The molecule has 0 unspecified atom stereocenters. The molecule has 0 saturated carbocycles. The van der Waals surface area contributed by atoms with Crippen molar-refractivity contribution in [3.63, 3.8) is 0 Å². The van der Waals surface area contributed by atoms with Crippen molar-refractivity contribution in [2.75, 3.05) is 18.4 Å². The number of benzene rings is 2. The highest BCUT2D eigenvalue weighted by Gasteiger charge is 2.27. The molecule has 1 aliphatic heterocycles. The zero-order valence-corrected chi connectivity index (χ0v) is 18.1. The minimum atomic E-state index is -0.626. The molecule has 4 amide bonds. The lowest BCUT2D eigenvalue weighted by molar-refractivity contribution is -0.128. The van der Waals surface area contributed by atoms with E-state index in [1.165, 1.54) is 6.92 Å². The Bertz CT molecular complexity index is 908. The van der Waals surface area contributed by atoms with Crippen LogP contribution in [0, 0.1) is 6.92 Å². The third-order valence-electron chi connectivity index (χ3n) is 5.37. The number of nitrogens with one attached hydrogen (secondary N) is 3. The number of hydrogen-bond donors (Lipinski definition) is 3. The van der Waals surface area contributed by atoms with Crippen LogP contribution < -0.4 is 16.0 Å². The number of anilines is 1. The van der Waals surface area contributed by atoms with Gasteiger partial charge in [-0.1, -0.05) is 48.0 Å². The summed E-state index contributed by atoms with van der Waals surface area (Å²) in [7, 11) is 0. The quantitative estimate of drug-likeness (QED) is 0.669. The van der Waals surface area contributed by atoms with Gasteiger partial charge in [-0.3, -0.25) is 9.59 Å². The smallest absolute Gasteiger partial charge is 0.321 e. The number of aryl methyl sites for hydroxylation is 1. The Morgan fingerprint density at radius 2 is 1.74 bits per heavy atom. The SMILES string of the molecule is CC(=O)N[C@H](Cc1cccc(C)c1)C(=O)NC1CCN(C(=O)Nc2ccccc2)CC1. The number of nitrogens with zero attached hydrogens (tertiary/aromatic N) is 1. The van der Waals surface area contributed by atoms with Crippen LogP contribution in [-0.4, -0.2) is 47.9 Å². The van der Waals surface area contributed by atoms with Crippen molar-refractivity contribution in [1.82, 2.24) is 15.5 Å². The molecule has 164 valence electrons. The predicted molar refractivity (Wildman–Crippen MR) is 121 cm³/mol. The highest BCUT2D eigenvalue weighted by atomic mass is 16.2. The molecule has 0 aromatic heterocycles. The molecular formula is C24H30N4O3. The molecule has 1 aliphatic rings. The second kappa shape index (κ2) is 10.6. The highest BCUT2D eigenvalue weighted by molar-refractivity contribution is 5.89. The molecule has 0 radical (unpaired) electrons. The van der Waals surface area contributed by atoms with E-state index in [1.54, 1.807) is 4.90 Å². The summed E-state index contributed by atoms with van der Waals surface area (Å²) in [5.74, 6) is -0.427. The van der Waals surface area contributed by atoms with Gasteiger partial charge < -0.3 is 20.9 Å². The Kier molecular flexibility index (Phi) is 7.65. The van der Waals surface area contributed by atoms with Gasteiger partial charge in [0.2, 0.25) is 11.8 Å². The van der Waals surface area contributed by atoms with E-state index in [9.17, 15) is 14.4 Å². The standard InChI is InChI=1S/C24H30N4O3/c1-17-7-6-8-19(15-17)16-22(25-18(2)29)23(30)26-21-11-13-28(14-12-21)24(31)27-20-9-4-3-5-10-20/h3-10,15,21-22H,11-14,16H2,1-2H3,(H,25,29)(H,26,30)(H,27,31)/t22-/m1/s1. The third kappa shape index (κ3) is 6.84. The largest absolute Gasteiger partial charge is 0.351 e. The zero-order chi connectivity index (χ0) is 22.2. The van der Waals surface area contributed by atoms with Gasteiger partial charge in [0.15, 0.2) is 0 Å². The van der Waals surface area contributed by atoms with E-state index in [2.05, 4.69) is 16.0 Å². The molecule has 31 heavy (non-hydrogen) atoms. The maximum atomic E-state index is 12.9. The van der Waals surface area contributed by atoms with Gasteiger partial charge in [-0.15, -0.1) is 0 Å². The zero-order valence-electron chi connectivity index (χ0n) is 18.1. The van der Waals surface area contributed by atoms with E-state index in [0.717, 1.165) is 16.8 Å². The number of amides is 4. The Hall–Kier alpha value is -3.35. The van der Waals surface area contributed by atoms with Crippen LogP contribution in [-0.2, 0) is 16.0 Å². The van der Waals surface area contributed by atoms with E-state index in [4.69, 9.17) is 0 Å². The Morgan fingerprint density at radius 1 is 1.03 bits per heavy atom. The summed E-state index contributed by atoms with van der Waals surface area (Å²) in [5.41, 5.74) is 2.87. The number of carbonyl (C=O) groups is 3. The number of piperidine rings is 1. The predicted octanol–water partition coefficient (Wildman–Crippen LogP) is 2.85. The molecule has 1 saturated heterocycles. The summed E-state index contributed by atoms with van der Waals surface area (Å²) in [4.78, 5) is 38.7. The van der Waals surface area contributed by atoms with Crippen molar-refractivity contribution in [3.05, 3.63) is 65.7 Å². The fraction of sp³-hybridized carbons (Fsp3) is 0.375. The lowest BCUT2D eigenvalue weighted by Crippen LogP contribution is -2.53. The minimum absolute atomic E-state index is 0.0259. The van der Waals surface area contributed by atoms with Crippen molar-refractivity contribution in [3.8, 4) is 0 Å². The summed E-state index contributed by atoms with van der Waals surface area (Å²) in [5, 5.41) is 8.71. The number of rotatable bonds is 6. The normalized spacial score (nSPS) is 15.1. The Morgan fingerprint density at radius 3 is 2.39 bits per heavy atom. The average molecular weight is 423 g/mol. The number of para-hydroxylation sites is 1. The molecule has 1 atom stereocenters. The molecular weight excluding hydrogens is 392 g/mol. The van der Waals surface area contributed by atoms with Crippen molar-refractivity contribution >= 4 is 23.5 Å². The van der Waals surface area contributed by atoms with Crippen molar-refractivity contribution in [1.29, 1.82) is 0 Å². The van der Waals surface area contributed by atoms with Gasteiger partial charge in [0, 0.05) is 38.2 Å². The van der Waals surface area contributed by atoms with E-state index in [0.29, 0.717) is 32.4 Å². The van der Waals surface area contributed by atoms with E-state index in [-0.39, 0.29) is 23.9 Å². The second-order valence-corrected chi connectivity index (χ2v) is 8.01. The first-order chi connectivity index (χ1) is 14.9. The van der Waals surface area contributed by atoms with Gasteiger partial charge >= 0.3 is 6.03 Å². The summed E-state index contributed by atoms with van der Waals surface area (Å²) in [6, 6.07) is 16.5. The minimum Gasteiger partial charge on any atom is -0.351 e. The summed E-state index contributed by atoms with van der Waals surface area (Å²) in [6.07, 6.45) is 1.78. The molecule has 1 heterocycles. The van der Waals surface area contributed by atoms with E-state index < -0.39 is 6.04 Å². The van der Waals surface area contributed by atoms with Crippen LogP contribution in [0.3, 0.4) is 0 Å². The first-order valence-electron chi connectivity index (χ1n) is 10.6. The van der Waals surface area contributed by atoms with E-state index in [1.807, 2.05) is 61.5 Å². The molecule has 0 aliphatic carbocycles. The molecule has 7 nitrogen and oxygen atoms in total. The summed E-state index contributed by atoms with van der Waals surface area (Å²) < 4.78 is 0. The maximum Gasteiger partial charge on any atom is 0.321 e. The monoisotopic (exact) mass is 422 g/mol. The molecule has 3 rings (SSSR count). The second-order valence-electron chi connectivity index (χ2n) is 8.01. The van der Waals surface area contributed by atoms with Crippen LogP contribution in [0.5, 0.6) is 0 Å². The lowest BCUT2D eigenvalue weighted by Gasteiger charge is -2.33. The number of urea groups is 1. The van der Waals surface area contributed by atoms with Crippen LogP contribution >= 0.6 is 0 Å². The topological polar surface area (TPSA) is 90.5 Å². The number of carbonyl (C=O) groups excluding carboxylic acids is 3. The first-order valence-corrected chi connectivity index (χ1v) is 10.6. The van der Waals surface area contributed by atoms with Crippen LogP contribution in [0.1, 0.15) is 30.9 Å². The highest BCUT2D eigenvalue weighted by Crippen LogP contribution is 2.14. The lowest BCUT2D eigenvalue weighted by atomic mass is 10.0. The molecule has 0 spiro atoms. The summed E-state index contributed by atoms with van der Waals surface area (Å²) >= 11 is 0. The maximum absolute atomic E-state index is 12.9. The van der Waals surface area contributed by atoms with Crippen LogP contribution in [0.4, 0.5) is 10.5 Å². The van der Waals surface area contributed by atoms with Crippen molar-refractivity contribution in [2.24, 2.45) is 0 Å². The molecule has 2 aromatic carbocycles. The molecule has 7 heteroatoms. The number of likely N-dealkylation sites (tertiary alicyclic amines) is 1. The fourth-order valence-corrected chi connectivity index (χ4v) is 3.78. The molecule has 0 bridgehead atoms. The van der Waals surface area contributed by atoms with Crippen molar-refractivity contribution < 1.29 is 14.4 Å². The first kappa shape index (κ1) is 22.3. The Balaban J connectivity index is 1.52. The van der Waals surface area contributed by atoms with Crippen LogP contribution in [0.2, 0.25) is 0 Å². The molecule has 1 fully saturated rings. The molecule has 3 N–H and O–H groups in total. The van der Waals surface area contributed by atoms with Gasteiger partial charge in [-0.25, -0.2) is 4.79 Å². The van der Waals surface area contributed by atoms with Gasteiger partial charge in [0.25, 0.3) is 0 Å². The van der Waals surface area contributed by atoms with Crippen molar-refractivity contribution in [2.45, 2.75) is 45.2 Å². The van der Waals surface area contributed by atoms with E-state index >= 15 is 0 Å². The third-order valence-corrected chi connectivity index (χ3v) is 5.37. The molecule has 2 aromatic rings. The van der Waals surface area contributed by atoms with Gasteiger partial charge in [-0.2, -0.15) is 0 Å². The van der Waals surface area contributed by atoms with Gasteiger partial charge in [0.1, 0.15) is 6.04 Å². The van der Waals surface area contributed by atoms with Crippen LogP contribution in [0.25, 0.3) is 0 Å². The summed E-state index contributed by atoms with van der Waals surface area (Å²) in [6.45, 7) is 4.54. The van der Waals surface area contributed by atoms with Crippen LogP contribution in [0.15, 0.2) is 54.6 Å². The number of hydrogen-bond acceptors (Lipinski definition) is 3. The van der Waals surface area contributed by atoms with Gasteiger partial charge in [0.05, 0.1) is 0 Å². The fourth-order valence-electron chi connectivity index (χ4n) is 3.78. The Labute approximate surface area is 183 Å².